The smallest absolute Gasteiger partial charge is 0.312 e. The molecule has 134 valence electrons. The molecule has 0 aliphatic carbocycles. The summed E-state index contributed by atoms with van der Waals surface area (Å²) in [6, 6.07) is 9.98. The van der Waals surface area contributed by atoms with Crippen molar-refractivity contribution in [2.24, 2.45) is 13.0 Å². The van der Waals surface area contributed by atoms with E-state index in [-0.39, 0.29) is 17.8 Å². The Labute approximate surface area is 150 Å². The number of aromatic nitrogens is 4. The van der Waals surface area contributed by atoms with Gasteiger partial charge in [0.2, 0.25) is 5.95 Å². The van der Waals surface area contributed by atoms with E-state index in [9.17, 15) is 9.59 Å². The second kappa shape index (κ2) is 6.01. The average Bonchev–Trinajstić information content (AvgIpc) is 3.03. The van der Waals surface area contributed by atoms with Crippen molar-refractivity contribution in [2.45, 2.75) is 20.0 Å². The molecule has 1 aliphatic heterocycles. The maximum absolute atomic E-state index is 13.0. The van der Waals surface area contributed by atoms with Gasteiger partial charge in [0.25, 0.3) is 5.56 Å². The number of fused-ring (bicyclic) bond motifs is 3. The Morgan fingerprint density at radius 3 is 2.65 bits per heavy atom. The van der Waals surface area contributed by atoms with Crippen LogP contribution in [0.4, 0.5) is 11.6 Å². The van der Waals surface area contributed by atoms with Crippen molar-refractivity contribution in [3.8, 4) is 0 Å². The van der Waals surface area contributed by atoms with Crippen LogP contribution in [-0.4, -0.2) is 25.2 Å². The summed E-state index contributed by atoms with van der Waals surface area (Å²) in [5.74, 6) is 1.04. The van der Waals surface area contributed by atoms with Gasteiger partial charge in [0, 0.05) is 32.4 Å². The van der Waals surface area contributed by atoms with Crippen molar-refractivity contribution in [1.29, 1.82) is 0 Å². The lowest BCUT2D eigenvalue weighted by Crippen LogP contribution is -2.40. The molecule has 0 saturated heterocycles. The molecule has 0 spiro atoms. The Bertz CT molecular complexity index is 1110. The number of allylic oxidation sites excluding steroid dienone is 1. The highest BCUT2D eigenvalue weighted by Crippen LogP contribution is 2.32. The normalized spacial score (nSPS) is 16.7. The van der Waals surface area contributed by atoms with E-state index in [0.717, 1.165) is 12.2 Å². The Kier molecular flexibility index (Phi) is 3.79. The van der Waals surface area contributed by atoms with Gasteiger partial charge in [-0.25, -0.2) is 4.79 Å². The van der Waals surface area contributed by atoms with Crippen molar-refractivity contribution in [1.82, 2.24) is 18.7 Å². The van der Waals surface area contributed by atoms with Crippen LogP contribution in [0.5, 0.6) is 0 Å². The molecule has 7 nitrogen and oxygen atoms in total. The van der Waals surface area contributed by atoms with Crippen LogP contribution in [0.25, 0.3) is 11.2 Å². The molecule has 0 saturated carbocycles. The second-order valence-corrected chi connectivity index (χ2v) is 6.79. The number of hydrogen-bond acceptors (Lipinski definition) is 4. The summed E-state index contributed by atoms with van der Waals surface area (Å²) < 4.78 is 4.59. The summed E-state index contributed by atoms with van der Waals surface area (Å²) in [5.41, 5.74) is 1.22. The van der Waals surface area contributed by atoms with E-state index in [1.807, 2.05) is 34.9 Å². The SMILES string of the molecule is C=CCn1c(=O)c2c(nc3n2C[C@@H](C)CN3c2ccccc2)n(C)c1=O. The molecule has 26 heavy (non-hydrogen) atoms. The molecule has 1 aromatic carbocycles. The summed E-state index contributed by atoms with van der Waals surface area (Å²) in [6.45, 7) is 7.48. The monoisotopic (exact) mass is 351 g/mol. The predicted molar refractivity (Wildman–Crippen MR) is 102 cm³/mol. The molecule has 4 rings (SSSR count). The fourth-order valence-electron chi connectivity index (χ4n) is 3.62. The molecule has 3 aromatic rings. The van der Waals surface area contributed by atoms with Gasteiger partial charge in [-0.1, -0.05) is 31.2 Å². The number of benzene rings is 1. The van der Waals surface area contributed by atoms with E-state index < -0.39 is 0 Å². The fourth-order valence-corrected chi connectivity index (χ4v) is 3.62. The zero-order valence-corrected chi connectivity index (χ0v) is 14.9. The van der Waals surface area contributed by atoms with Crippen LogP contribution >= 0.6 is 0 Å². The van der Waals surface area contributed by atoms with E-state index in [2.05, 4.69) is 23.4 Å². The highest BCUT2D eigenvalue weighted by molar-refractivity contribution is 5.77. The molecule has 7 heteroatoms. The third-order valence-corrected chi connectivity index (χ3v) is 4.82. The van der Waals surface area contributed by atoms with E-state index in [1.165, 1.54) is 9.13 Å². The van der Waals surface area contributed by atoms with Crippen LogP contribution < -0.4 is 16.1 Å². The second-order valence-electron chi connectivity index (χ2n) is 6.79. The molecule has 0 radical (unpaired) electrons. The van der Waals surface area contributed by atoms with Crippen molar-refractivity contribution < 1.29 is 0 Å². The van der Waals surface area contributed by atoms with Gasteiger partial charge < -0.3 is 9.47 Å². The summed E-state index contributed by atoms with van der Waals surface area (Å²) >= 11 is 0. The van der Waals surface area contributed by atoms with Crippen LogP contribution in [-0.2, 0) is 20.1 Å². The maximum atomic E-state index is 13.0. The van der Waals surface area contributed by atoms with Gasteiger partial charge in [0.05, 0.1) is 0 Å². The summed E-state index contributed by atoms with van der Waals surface area (Å²) in [7, 11) is 1.65. The number of anilines is 2. The minimum Gasteiger partial charge on any atom is -0.312 e. The molecule has 1 atom stereocenters. The molecule has 2 aromatic heterocycles. The van der Waals surface area contributed by atoms with Gasteiger partial charge >= 0.3 is 5.69 Å². The zero-order chi connectivity index (χ0) is 18.4. The van der Waals surface area contributed by atoms with Crippen molar-refractivity contribution >= 4 is 22.8 Å². The van der Waals surface area contributed by atoms with E-state index in [1.54, 1.807) is 13.1 Å². The minimum absolute atomic E-state index is 0.180. The molecule has 0 unspecified atom stereocenters. The maximum Gasteiger partial charge on any atom is 0.332 e. The van der Waals surface area contributed by atoms with Crippen LogP contribution in [0.1, 0.15) is 6.92 Å². The molecule has 3 heterocycles. The van der Waals surface area contributed by atoms with Crippen molar-refractivity contribution in [3.63, 3.8) is 0 Å². The Hall–Kier alpha value is -3.09. The quantitative estimate of drug-likeness (QED) is 0.676. The van der Waals surface area contributed by atoms with Crippen molar-refractivity contribution in [3.05, 3.63) is 63.8 Å². The molecular weight excluding hydrogens is 330 g/mol. The number of hydrogen-bond donors (Lipinski definition) is 0. The van der Waals surface area contributed by atoms with Gasteiger partial charge in [-0.2, -0.15) is 4.98 Å². The molecule has 0 N–H and O–H groups in total. The third kappa shape index (κ3) is 2.31. The highest BCUT2D eigenvalue weighted by atomic mass is 16.2. The molecular formula is C19H21N5O2. The lowest BCUT2D eigenvalue weighted by molar-refractivity contribution is 0.458. The number of aryl methyl sites for hydroxylation is 1. The Morgan fingerprint density at radius 2 is 1.96 bits per heavy atom. The van der Waals surface area contributed by atoms with Crippen LogP contribution in [0.2, 0.25) is 0 Å². The fraction of sp³-hybridized carbons (Fsp3) is 0.316. The van der Waals surface area contributed by atoms with Gasteiger partial charge in [-0.3, -0.25) is 13.9 Å². The number of imidazole rings is 1. The van der Waals surface area contributed by atoms with Crippen LogP contribution in [0, 0.1) is 5.92 Å². The van der Waals surface area contributed by atoms with E-state index in [4.69, 9.17) is 0 Å². The molecule has 0 bridgehead atoms. The first-order valence-corrected chi connectivity index (χ1v) is 8.66. The highest BCUT2D eigenvalue weighted by Gasteiger charge is 2.29. The van der Waals surface area contributed by atoms with Crippen LogP contribution in [0.15, 0.2) is 52.6 Å². The Morgan fingerprint density at radius 1 is 1.23 bits per heavy atom. The van der Waals surface area contributed by atoms with Gasteiger partial charge in [-0.15, -0.1) is 6.58 Å². The zero-order valence-electron chi connectivity index (χ0n) is 14.9. The van der Waals surface area contributed by atoms with E-state index >= 15 is 0 Å². The van der Waals surface area contributed by atoms with Gasteiger partial charge in [0.15, 0.2) is 11.2 Å². The standard InChI is InChI=1S/C19H21N5O2/c1-4-10-22-17(25)15-16(21(3)19(22)26)20-18-23(11-13(2)12-24(15)18)14-8-6-5-7-9-14/h4-9,13H,1,10-12H2,2-3H3/t13-/m0/s1. The topological polar surface area (TPSA) is 65.1 Å². The average molecular weight is 351 g/mol. The van der Waals surface area contributed by atoms with Crippen molar-refractivity contribution in [2.75, 3.05) is 11.4 Å². The van der Waals surface area contributed by atoms with Gasteiger partial charge in [0.1, 0.15) is 0 Å². The van der Waals surface area contributed by atoms with Gasteiger partial charge in [-0.05, 0) is 18.1 Å². The predicted octanol–water partition coefficient (Wildman–Crippen LogP) is 1.87. The summed E-state index contributed by atoms with van der Waals surface area (Å²) in [6.07, 6.45) is 1.56. The lowest BCUT2D eigenvalue weighted by Gasteiger charge is -2.32. The van der Waals surface area contributed by atoms with E-state index in [0.29, 0.717) is 29.6 Å². The van der Waals surface area contributed by atoms with Crippen LogP contribution in [0.3, 0.4) is 0 Å². The molecule has 0 amide bonds. The first-order valence-electron chi connectivity index (χ1n) is 8.66. The Balaban J connectivity index is 2.05. The summed E-state index contributed by atoms with van der Waals surface area (Å²) in [4.78, 5) is 32.3. The third-order valence-electron chi connectivity index (χ3n) is 4.82. The molecule has 0 fully saturated rings. The minimum atomic E-state index is -0.378. The largest absolute Gasteiger partial charge is 0.332 e. The first-order chi connectivity index (χ1) is 12.5. The summed E-state index contributed by atoms with van der Waals surface area (Å²) in [5, 5.41) is 0. The first kappa shape index (κ1) is 16.4. The number of nitrogens with zero attached hydrogens (tertiary/aromatic N) is 5. The lowest BCUT2D eigenvalue weighted by atomic mass is 10.1. The molecule has 1 aliphatic rings. The number of rotatable bonds is 3. The number of para-hydroxylation sites is 1.